The lowest BCUT2D eigenvalue weighted by atomic mass is 10.1. The van der Waals surface area contributed by atoms with Gasteiger partial charge in [0.15, 0.2) is 0 Å². The summed E-state index contributed by atoms with van der Waals surface area (Å²) in [5.41, 5.74) is 2.10. The van der Waals surface area contributed by atoms with Crippen LogP contribution >= 0.6 is 0 Å². The molecule has 3 N–H and O–H groups in total. The first-order valence-corrected chi connectivity index (χ1v) is 9.93. The molecule has 0 spiro atoms. The average Bonchev–Trinajstić information content (AvgIpc) is 3.22. The van der Waals surface area contributed by atoms with Gasteiger partial charge in [-0.25, -0.2) is 4.39 Å². The molecule has 9 heteroatoms. The number of rotatable bonds is 6. The van der Waals surface area contributed by atoms with Crippen LogP contribution in [0.25, 0.3) is 0 Å². The standard InChI is InChI=1S/C22H26FN3O5/c1-11-7-15(5-6-16(11)23)25-21(29)18-12(2)19(26(4)13(18)3)20(28)22(30)24-8-14-9-31-10-17(14)27/h5-7,14,17,27H,8-10H2,1-4H3,(H,24,30)(H,25,29)/t14?,17-/m0/s1. The van der Waals surface area contributed by atoms with E-state index in [-0.39, 0.29) is 36.1 Å². The summed E-state index contributed by atoms with van der Waals surface area (Å²) in [5, 5.41) is 15.0. The molecule has 1 aliphatic heterocycles. The van der Waals surface area contributed by atoms with Crippen LogP contribution in [0.15, 0.2) is 18.2 Å². The maximum atomic E-state index is 13.5. The highest BCUT2D eigenvalue weighted by molar-refractivity contribution is 6.43. The Bertz CT molecular complexity index is 1050. The number of ketones is 1. The van der Waals surface area contributed by atoms with Crippen molar-refractivity contribution in [1.82, 2.24) is 9.88 Å². The Hall–Kier alpha value is -3.04. The van der Waals surface area contributed by atoms with Gasteiger partial charge in [-0.05, 0) is 50.1 Å². The second-order valence-electron chi connectivity index (χ2n) is 7.82. The van der Waals surface area contributed by atoms with Gasteiger partial charge in [-0.3, -0.25) is 14.4 Å². The van der Waals surface area contributed by atoms with Crippen LogP contribution in [0.3, 0.4) is 0 Å². The summed E-state index contributed by atoms with van der Waals surface area (Å²) in [6.07, 6.45) is -0.681. The zero-order valence-corrected chi connectivity index (χ0v) is 17.9. The molecular formula is C22H26FN3O5. The Morgan fingerprint density at radius 1 is 1.23 bits per heavy atom. The van der Waals surface area contributed by atoms with E-state index in [1.807, 2.05) is 0 Å². The molecule has 31 heavy (non-hydrogen) atoms. The predicted octanol–water partition coefficient (Wildman–Crippen LogP) is 1.65. The molecule has 3 rings (SSSR count). The number of Topliss-reactive ketones (excluding diaryl/α,β-unsaturated/α-hetero) is 1. The monoisotopic (exact) mass is 431 g/mol. The van der Waals surface area contributed by atoms with Crippen molar-refractivity contribution in [2.75, 3.05) is 25.1 Å². The molecule has 0 bridgehead atoms. The maximum Gasteiger partial charge on any atom is 0.294 e. The van der Waals surface area contributed by atoms with Crippen molar-refractivity contribution in [2.24, 2.45) is 13.0 Å². The average molecular weight is 431 g/mol. The number of amides is 2. The second-order valence-corrected chi connectivity index (χ2v) is 7.82. The van der Waals surface area contributed by atoms with E-state index in [0.29, 0.717) is 29.1 Å². The topological polar surface area (TPSA) is 110 Å². The van der Waals surface area contributed by atoms with Crippen molar-refractivity contribution in [1.29, 1.82) is 0 Å². The van der Waals surface area contributed by atoms with Gasteiger partial charge < -0.3 is 25.0 Å². The highest BCUT2D eigenvalue weighted by Gasteiger charge is 2.31. The number of aliphatic hydroxyl groups excluding tert-OH is 1. The van der Waals surface area contributed by atoms with Crippen LogP contribution in [0.4, 0.5) is 10.1 Å². The number of aromatic nitrogens is 1. The molecule has 2 aromatic rings. The normalized spacial score (nSPS) is 18.1. The number of nitrogens with one attached hydrogen (secondary N) is 2. The zero-order chi connectivity index (χ0) is 22.9. The molecule has 2 atom stereocenters. The summed E-state index contributed by atoms with van der Waals surface area (Å²) in [7, 11) is 1.61. The van der Waals surface area contributed by atoms with Crippen molar-refractivity contribution in [3.63, 3.8) is 0 Å². The number of benzene rings is 1. The summed E-state index contributed by atoms with van der Waals surface area (Å²) < 4.78 is 20.1. The summed E-state index contributed by atoms with van der Waals surface area (Å²) in [6, 6.07) is 4.23. The third-order valence-corrected chi connectivity index (χ3v) is 5.68. The molecule has 1 unspecified atom stereocenters. The van der Waals surface area contributed by atoms with Crippen LogP contribution in [0.5, 0.6) is 0 Å². The minimum atomic E-state index is -0.816. The van der Waals surface area contributed by atoms with E-state index in [0.717, 1.165) is 0 Å². The number of aliphatic hydroxyl groups is 1. The maximum absolute atomic E-state index is 13.5. The van der Waals surface area contributed by atoms with Gasteiger partial charge in [0, 0.05) is 30.9 Å². The lowest BCUT2D eigenvalue weighted by Crippen LogP contribution is -2.38. The Labute approximate surface area is 179 Å². The van der Waals surface area contributed by atoms with Crippen LogP contribution < -0.4 is 10.6 Å². The van der Waals surface area contributed by atoms with Crippen LogP contribution in [0, 0.1) is 32.5 Å². The van der Waals surface area contributed by atoms with Crippen LogP contribution in [-0.2, 0) is 16.6 Å². The van der Waals surface area contributed by atoms with E-state index in [2.05, 4.69) is 10.6 Å². The van der Waals surface area contributed by atoms with Gasteiger partial charge in [0.1, 0.15) is 5.82 Å². The van der Waals surface area contributed by atoms with Crippen LogP contribution in [-0.4, -0.2) is 53.1 Å². The largest absolute Gasteiger partial charge is 0.390 e. The van der Waals surface area contributed by atoms with Crippen molar-refractivity contribution >= 4 is 23.3 Å². The third-order valence-electron chi connectivity index (χ3n) is 5.68. The van der Waals surface area contributed by atoms with Gasteiger partial charge >= 0.3 is 0 Å². The van der Waals surface area contributed by atoms with Gasteiger partial charge in [0.25, 0.3) is 17.6 Å². The molecule has 0 aliphatic carbocycles. The van der Waals surface area contributed by atoms with E-state index in [4.69, 9.17) is 4.74 Å². The van der Waals surface area contributed by atoms with Crippen molar-refractivity contribution in [3.8, 4) is 0 Å². The molecule has 1 aromatic carbocycles. The molecule has 1 saturated heterocycles. The van der Waals surface area contributed by atoms with Crippen molar-refractivity contribution in [2.45, 2.75) is 26.9 Å². The van der Waals surface area contributed by atoms with E-state index in [9.17, 15) is 23.9 Å². The molecule has 0 radical (unpaired) electrons. The fourth-order valence-corrected chi connectivity index (χ4v) is 3.74. The quantitative estimate of drug-likeness (QED) is 0.476. The number of carbonyl (C=O) groups excluding carboxylic acids is 3. The van der Waals surface area contributed by atoms with Crippen molar-refractivity contribution in [3.05, 3.63) is 52.1 Å². The lowest BCUT2D eigenvalue weighted by Gasteiger charge is -2.13. The molecular weight excluding hydrogens is 405 g/mol. The lowest BCUT2D eigenvalue weighted by molar-refractivity contribution is -0.117. The Balaban J connectivity index is 1.78. The molecule has 166 valence electrons. The molecule has 0 saturated carbocycles. The minimum Gasteiger partial charge on any atom is -0.390 e. The van der Waals surface area contributed by atoms with E-state index >= 15 is 0 Å². The third kappa shape index (κ3) is 4.52. The molecule has 1 aliphatic rings. The number of halogens is 1. The van der Waals surface area contributed by atoms with Crippen LogP contribution in [0.1, 0.15) is 37.7 Å². The summed E-state index contributed by atoms with van der Waals surface area (Å²) >= 11 is 0. The van der Waals surface area contributed by atoms with Gasteiger partial charge in [-0.15, -0.1) is 0 Å². The molecule has 8 nitrogen and oxygen atoms in total. The predicted molar refractivity (Wildman–Crippen MR) is 112 cm³/mol. The van der Waals surface area contributed by atoms with Crippen LogP contribution in [0.2, 0.25) is 0 Å². The first kappa shape index (κ1) is 22.6. The number of hydrogen-bond acceptors (Lipinski definition) is 5. The number of anilines is 1. The summed E-state index contributed by atoms with van der Waals surface area (Å²) in [5.74, 6) is -2.69. The van der Waals surface area contributed by atoms with Gasteiger partial charge in [-0.2, -0.15) is 0 Å². The zero-order valence-electron chi connectivity index (χ0n) is 17.9. The first-order chi connectivity index (χ1) is 14.6. The summed E-state index contributed by atoms with van der Waals surface area (Å²) in [4.78, 5) is 38.1. The minimum absolute atomic E-state index is 0.110. The smallest absolute Gasteiger partial charge is 0.294 e. The van der Waals surface area contributed by atoms with Gasteiger partial charge in [0.05, 0.1) is 30.6 Å². The Kier molecular flexibility index (Phi) is 6.56. The fourth-order valence-electron chi connectivity index (χ4n) is 3.74. The number of aryl methyl sites for hydroxylation is 1. The highest BCUT2D eigenvalue weighted by Crippen LogP contribution is 2.24. The number of nitrogens with zero attached hydrogens (tertiary/aromatic N) is 1. The molecule has 2 heterocycles. The Morgan fingerprint density at radius 2 is 1.94 bits per heavy atom. The highest BCUT2D eigenvalue weighted by atomic mass is 19.1. The molecule has 1 fully saturated rings. The molecule has 2 amide bonds. The fraction of sp³-hybridized carbons (Fsp3) is 0.409. The number of carbonyl (C=O) groups is 3. The van der Waals surface area contributed by atoms with Gasteiger partial charge in [0.2, 0.25) is 0 Å². The number of ether oxygens (including phenoxy) is 1. The van der Waals surface area contributed by atoms with Gasteiger partial charge in [-0.1, -0.05) is 0 Å². The SMILES string of the molecule is Cc1cc(NC(=O)c2c(C)c(C(=O)C(=O)NCC3COC[C@@H]3O)n(C)c2C)ccc1F. The Morgan fingerprint density at radius 3 is 2.55 bits per heavy atom. The summed E-state index contributed by atoms with van der Waals surface area (Å²) in [6.45, 7) is 5.51. The van der Waals surface area contributed by atoms with Crippen molar-refractivity contribution < 1.29 is 28.6 Å². The second kappa shape index (κ2) is 8.99. The number of hydrogen-bond donors (Lipinski definition) is 3. The van der Waals surface area contributed by atoms with E-state index in [1.54, 1.807) is 27.8 Å². The molecule has 1 aromatic heterocycles. The first-order valence-electron chi connectivity index (χ1n) is 9.93. The van der Waals surface area contributed by atoms with E-state index in [1.165, 1.54) is 22.8 Å². The van der Waals surface area contributed by atoms with E-state index < -0.39 is 23.7 Å².